The summed E-state index contributed by atoms with van der Waals surface area (Å²) in [6, 6.07) is 7.65. The van der Waals surface area contributed by atoms with Gasteiger partial charge in [0.25, 0.3) is 0 Å². The van der Waals surface area contributed by atoms with Crippen molar-refractivity contribution >= 4 is 15.9 Å². The molecule has 0 saturated heterocycles. The summed E-state index contributed by atoms with van der Waals surface area (Å²) in [6.07, 6.45) is -0.649. The van der Waals surface area contributed by atoms with E-state index in [1.54, 1.807) is 27.7 Å². The van der Waals surface area contributed by atoms with Crippen LogP contribution >= 0.6 is 0 Å². The Morgan fingerprint density at radius 1 is 1.28 bits per heavy atom. The summed E-state index contributed by atoms with van der Waals surface area (Å²) >= 11 is 0. The van der Waals surface area contributed by atoms with Gasteiger partial charge in [0.05, 0.1) is 10.8 Å². The topological polar surface area (TPSA) is 98.5 Å². The molecule has 3 N–H and O–H groups in total. The normalized spacial score (nSPS) is 26.2. The van der Waals surface area contributed by atoms with E-state index < -0.39 is 32.3 Å². The molecular weight excluding hydrogens is 340 g/mol. The van der Waals surface area contributed by atoms with Crippen LogP contribution < -0.4 is 11.1 Å². The molecule has 140 valence electrons. The van der Waals surface area contributed by atoms with Crippen LogP contribution in [0.1, 0.15) is 44.7 Å². The Morgan fingerprint density at radius 2 is 1.84 bits per heavy atom. The molecule has 0 heterocycles. The van der Waals surface area contributed by atoms with Gasteiger partial charge in [-0.15, -0.1) is 0 Å². The first-order valence-electron chi connectivity index (χ1n) is 8.46. The third-order valence-corrected chi connectivity index (χ3v) is 6.82. The largest absolute Gasteiger partial charge is 0.444 e. The minimum atomic E-state index is -3.39. The maximum absolute atomic E-state index is 12.6. The number of amides is 1. The van der Waals surface area contributed by atoms with E-state index in [9.17, 15) is 13.2 Å². The summed E-state index contributed by atoms with van der Waals surface area (Å²) in [6.45, 7) is 8.86. The van der Waals surface area contributed by atoms with Gasteiger partial charge in [0.15, 0.2) is 9.84 Å². The average Bonchev–Trinajstić information content (AvgIpc) is 3.15. The minimum absolute atomic E-state index is 0.00221. The van der Waals surface area contributed by atoms with E-state index in [1.165, 1.54) is 0 Å². The van der Waals surface area contributed by atoms with E-state index in [2.05, 4.69) is 5.32 Å². The third kappa shape index (κ3) is 3.98. The number of aryl methyl sites for hydroxylation is 1. The lowest BCUT2D eigenvalue weighted by molar-refractivity contribution is 0.0497. The second kappa shape index (κ2) is 6.61. The molecule has 2 rings (SSSR count). The number of carbonyl (C=O) groups excluding carboxylic acids is 1. The summed E-state index contributed by atoms with van der Waals surface area (Å²) in [5.74, 6) is -0.381. The lowest BCUT2D eigenvalue weighted by Crippen LogP contribution is -2.49. The first kappa shape index (κ1) is 19.7. The number of hydrogen-bond acceptors (Lipinski definition) is 5. The predicted molar refractivity (Wildman–Crippen MR) is 98.3 cm³/mol. The zero-order valence-corrected chi connectivity index (χ0v) is 16.3. The van der Waals surface area contributed by atoms with E-state index in [0.717, 1.165) is 11.1 Å². The van der Waals surface area contributed by atoms with Crippen LogP contribution in [-0.4, -0.2) is 43.2 Å². The highest BCUT2D eigenvalue weighted by atomic mass is 32.2. The second-order valence-corrected chi connectivity index (χ2v) is 10.0. The van der Waals surface area contributed by atoms with Crippen molar-refractivity contribution in [2.45, 2.75) is 56.9 Å². The van der Waals surface area contributed by atoms with Crippen LogP contribution in [0.2, 0.25) is 0 Å². The molecule has 0 aromatic heterocycles. The molecule has 1 aliphatic carbocycles. The van der Waals surface area contributed by atoms with Gasteiger partial charge in [-0.1, -0.05) is 36.8 Å². The van der Waals surface area contributed by atoms with Crippen molar-refractivity contribution in [2.75, 3.05) is 12.3 Å². The Kier molecular flexibility index (Phi) is 5.21. The Morgan fingerprint density at radius 3 is 2.28 bits per heavy atom. The smallest absolute Gasteiger partial charge is 0.408 e. The van der Waals surface area contributed by atoms with E-state index in [4.69, 9.17) is 10.5 Å². The van der Waals surface area contributed by atoms with Gasteiger partial charge < -0.3 is 15.8 Å². The standard InChI is InChI=1S/C18H28N2O4S/c1-6-25(22,23)15-14(13-9-7-12(2)8-10-13)18(15,11-19)20-16(21)24-17(3,4)5/h7-10,14-15H,6,11,19H2,1-5H3,(H,20,21)/t14-,15+,18+/m0/s1. The van der Waals surface area contributed by atoms with Crippen molar-refractivity contribution in [3.05, 3.63) is 35.4 Å². The second-order valence-electron chi connectivity index (χ2n) is 7.63. The van der Waals surface area contributed by atoms with E-state index in [-0.39, 0.29) is 18.2 Å². The van der Waals surface area contributed by atoms with E-state index >= 15 is 0 Å². The number of hydrogen-bond donors (Lipinski definition) is 2. The number of ether oxygens (including phenoxy) is 1. The van der Waals surface area contributed by atoms with Crippen molar-refractivity contribution in [2.24, 2.45) is 5.73 Å². The van der Waals surface area contributed by atoms with Crippen LogP contribution in [0.15, 0.2) is 24.3 Å². The molecule has 0 aliphatic heterocycles. The molecule has 1 fully saturated rings. The van der Waals surface area contributed by atoms with Crippen LogP contribution in [0, 0.1) is 6.92 Å². The molecular formula is C18H28N2O4S. The lowest BCUT2D eigenvalue weighted by Gasteiger charge is -2.24. The molecule has 0 radical (unpaired) electrons. The number of alkyl carbamates (subject to hydrolysis) is 1. The maximum Gasteiger partial charge on any atom is 0.408 e. The highest BCUT2D eigenvalue weighted by Gasteiger charge is 2.71. The predicted octanol–water partition coefficient (Wildman–Crippen LogP) is 2.12. The molecule has 1 aromatic carbocycles. The third-order valence-electron chi connectivity index (χ3n) is 4.55. The van der Waals surface area contributed by atoms with Gasteiger partial charge in [-0.3, -0.25) is 0 Å². The lowest BCUT2D eigenvalue weighted by atomic mass is 10.0. The van der Waals surface area contributed by atoms with Gasteiger partial charge in [-0.2, -0.15) is 0 Å². The monoisotopic (exact) mass is 368 g/mol. The highest BCUT2D eigenvalue weighted by Crippen LogP contribution is 2.55. The Bertz CT molecular complexity index is 737. The minimum Gasteiger partial charge on any atom is -0.444 e. The fourth-order valence-electron chi connectivity index (χ4n) is 3.29. The number of carbonyl (C=O) groups is 1. The molecule has 1 amide bonds. The van der Waals surface area contributed by atoms with Crippen molar-refractivity contribution in [3.8, 4) is 0 Å². The Labute approximate surface area is 150 Å². The van der Waals surface area contributed by atoms with Gasteiger partial charge in [0, 0.05) is 18.2 Å². The molecule has 0 spiro atoms. The van der Waals surface area contributed by atoms with Gasteiger partial charge in [-0.25, -0.2) is 13.2 Å². The van der Waals surface area contributed by atoms with E-state index in [0.29, 0.717) is 0 Å². The molecule has 0 bridgehead atoms. The maximum atomic E-state index is 12.6. The molecule has 6 nitrogen and oxygen atoms in total. The fraction of sp³-hybridized carbons (Fsp3) is 0.611. The van der Waals surface area contributed by atoms with Gasteiger partial charge >= 0.3 is 6.09 Å². The number of nitrogens with one attached hydrogen (secondary N) is 1. The van der Waals surface area contributed by atoms with Crippen molar-refractivity contribution in [1.29, 1.82) is 0 Å². The van der Waals surface area contributed by atoms with Crippen molar-refractivity contribution in [3.63, 3.8) is 0 Å². The molecule has 7 heteroatoms. The van der Waals surface area contributed by atoms with Gasteiger partial charge in [0.2, 0.25) is 0 Å². The summed E-state index contributed by atoms with van der Waals surface area (Å²) < 4.78 is 30.5. The summed E-state index contributed by atoms with van der Waals surface area (Å²) in [4.78, 5) is 12.3. The van der Waals surface area contributed by atoms with Crippen LogP contribution in [-0.2, 0) is 14.6 Å². The SMILES string of the molecule is CCS(=O)(=O)[C@@H]1[C@H](c2ccc(C)cc2)[C@@]1(CN)NC(=O)OC(C)(C)C. The van der Waals surface area contributed by atoms with Crippen molar-refractivity contribution < 1.29 is 17.9 Å². The van der Waals surface area contributed by atoms with Crippen LogP contribution in [0.5, 0.6) is 0 Å². The highest BCUT2D eigenvalue weighted by molar-refractivity contribution is 7.92. The molecule has 0 unspecified atom stereocenters. The Balaban J connectivity index is 2.38. The molecule has 1 aromatic rings. The summed E-state index contributed by atoms with van der Waals surface area (Å²) in [7, 11) is -3.39. The molecule has 1 saturated carbocycles. The van der Waals surface area contributed by atoms with Crippen LogP contribution in [0.3, 0.4) is 0 Å². The zero-order valence-electron chi connectivity index (χ0n) is 15.5. The first-order chi connectivity index (χ1) is 11.5. The average molecular weight is 368 g/mol. The van der Waals surface area contributed by atoms with Crippen molar-refractivity contribution in [1.82, 2.24) is 5.32 Å². The number of nitrogens with two attached hydrogens (primary N) is 1. The molecule has 1 aliphatic rings. The van der Waals surface area contributed by atoms with Gasteiger partial charge in [-0.05, 0) is 33.3 Å². The molecule has 3 atom stereocenters. The summed E-state index contributed by atoms with van der Waals surface area (Å²) in [5, 5.41) is 2.02. The fourth-order valence-corrected chi connectivity index (χ4v) is 5.33. The number of rotatable bonds is 5. The first-order valence-corrected chi connectivity index (χ1v) is 10.2. The van der Waals surface area contributed by atoms with Gasteiger partial charge in [0.1, 0.15) is 5.60 Å². The van der Waals surface area contributed by atoms with Crippen LogP contribution in [0.4, 0.5) is 4.79 Å². The summed E-state index contributed by atoms with van der Waals surface area (Å²) in [5.41, 5.74) is 6.17. The quantitative estimate of drug-likeness (QED) is 0.829. The number of benzene rings is 1. The zero-order chi connectivity index (χ0) is 19.0. The van der Waals surface area contributed by atoms with E-state index in [1.807, 2.05) is 31.2 Å². The number of sulfone groups is 1. The van der Waals surface area contributed by atoms with Crippen LogP contribution in [0.25, 0.3) is 0 Å². The molecule has 25 heavy (non-hydrogen) atoms. The Hall–Kier alpha value is -1.60.